The number of thioether (sulfide) groups is 1. The molecular weight excluding hydrogens is 285 g/mol. The molecule has 0 bridgehead atoms. The summed E-state index contributed by atoms with van der Waals surface area (Å²) in [5, 5.41) is 16.2. The van der Waals surface area contributed by atoms with Gasteiger partial charge in [0.05, 0.1) is 10.6 Å². The van der Waals surface area contributed by atoms with Gasteiger partial charge in [0.25, 0.3) is 5.69 Å². The third-order valence-electron chi connectivity index (χ3n) is 2.87. The summed E-state index contributed by atoms with van der Waals surface area (Å²) < 4.78 is 13.5. The molecule has 1 aromatic rings. The number of nitrogens with one attached hydrogen (secondary N) is 2. The zero-order valence-electron chi connectivity index (χ0n) is 10.6. The minimum absolute atomic E-state index is 0.0514. The fourth-order valence-corrected chi connectivity index (χ4v) is 2.85. The Morgan fingerprint density at radius 1 is 1.60 bits per heavy atom. The summed E-state index contributed by atoms with van der Waals surface area (Å²) in [7, 11) is 0. The van der Waals surface area contributed by atoms with E-state index in [1.54, 1.807) is 11.8 Å². The number of nitro benzene ring substituents is 1. The van der Waals surface area contributed by atoms with Crippen molar-refractivity contribution in [2.45, 2.75) is 12.5 Å². The molecule has 1 aliphatic heterocycles. The fourth-order valence-electron chi connectivity index (χ4n) is 1.90. The van der Waals surface area contributed by atoms with Crippen LogP contribution in [0.1, 0.15) is 6.42 Å². The van der Waals surface area contributed by atoms with Gasteiger partial charge in [-0.25, -0.2) is 4.39 Å². The zero-order chi connectivity index (χ0) is 14.5. The summed E-state index contributed by atoms with van der Waals surface area (Å²) in [6, 6.07) is 3.11. The van der Waals surface area contributed by atoms with Crippen molar-refractivity contribution < 1.29 is 14.1 Å². The molecule has 6 nitrogen and oxygen atoms in total. The molecule has 0 saturated carbocycles. The van der Waals surface area contributed by atoms with E-state index in [-0.39, 0.29) is 29.7 Å². The van der Waals surface area contributed by atoms with Crippen LogP contribution in [0, 0.1) is 15.9 Å². The highest BCUT2D eigenvalue weighted by Gasteiger charge is 2.18. The van der Waals surface area contributed by atoms with Crippen LogP contribution < -0.4 is 10.6 Å². The smallest absolute Gasteiger partial charge is 0.271 e. The Bertz CT molecular complexity index is 521. The van der Waals surface area contributed by atoms with Gasteiger partial charge in [-0.2, -0.15) is 11.8 Å². The number of halogens is 1. The summed E-state index contributed by atoms with van der Waals surface area (Å²) >= 11 is 1.75. The predicted octanol–water partition coefficient (Wildman–Crippen LogP) is 1.77. The van der Waals surface area contributed by atoms with Crippen molar-refractivity contribution in [3.63, 3.8) is 0 Å². The molecule has 0 aliphatic carbocycles. The van der Waals surface area contributed by atoms with E-state index in [1.807, 2.05) is 0 Å². The number of hydrogen-bond donors (Lipinski definition) is 2. The van der Waals surface area contributed by atoms with Crippen LogP contribution >= 0.6 is 11.8 Å². The Morgan fingerprint density at radius 3 is 3.05 bits per heavy atom. The molecule has 1 atom stereocenters. The molecule has 1 fully saturated rings. The molecule has 1 unspecified atom stereocenters. The van der Waals surface area contributed by atoms with Gasteiger partial charge < -0.3 is 10.6 Å². The van der Waals surface area contributed by atoms with Gasteiger partial charge in [0.2, 0.25) is 5.91 Å². The van der Waals surface area contributed by atoms with Crippen molar-refractivity contribution in [2.75, 3.05) is 23.4 Å². The van der Waals surface area contributed by atoms with E-state index in [0.717, 1.165) is 36.2 Å². The Hall–Kier alpha value is -1.67. The predicted molar refractivity (Wildman–Crippen MR) is 75.4 cm³/mol. The molecule has 1 heterocycles. The van der Waals surface area contributed by atoms with Crippen molar-refractivity contribution in [2.24, 2.45) is 0 Å². The second-order valence-corrected chi connectivity index (χ2v) is 5.55. The summed E-state index contributed by atoms with van der Waals surface area (Å²) in [5.41, 5.74) is -0.416. The summed E-state index contributed by atoms with van der Waals surface area (Å²) in [5.74, 6) is 0.793. The van der Waals surface area contributed by atoms with Gasteiger partial charge in [-0.05, 0) is 6.07 Å². The quantitative estimate of drug-likeness (QED) is 0.654. The van der Waals surface area contributed by atoms with Gasteiger partial charge in [0.15, 0.2) is 0 Å². The van der Waals surface area contributed by atoms with Gasteiger partial charge in [-0.15, -0.1) is 0 Å². The number of benzene rings is 1. The lowest BCUT2D eigenvalue weighted by atomic mass is 10.2. The Labute approximate surface area is 119 Å². The number of hydrogen-bond acceptors (Lipinski definition) is 5. The van der Waals surface area contributed by atoms with Crippen LogP contribution in [0.4, 0.5) is 15.8 Å². The largest absolute Gasteiger partial charge is 0.323 e. The van der Waals surface area contributed by atoms with Crippen molar-refractivity contribution in [3.8, 4) is 0 Å². The van der Waals surface area contributed by atoms with Gasteiger partial charge in [-0.3, -0.25) is 14.9 Å². The first-order valence-corrected chi connectivity index (χ1v) is 7.26. The second-order valence-electron chi connectivity index (χ2n) is 4.40. The van der Waals surface area contributed by atoms with Crippen LogP contribution in [0.25, 0.3) is 0 Å². The average molecular weight is 299 g/mol. The molecule has 0 spiro atoms. The molecule has 2 N–H and O–H groups in total. The van der Waals surface area contributed by atoms with Crippen LogP contribution in [-0.4, -0.2) is 34.9 Å². The number of anilines is 1. The maximum atomic E-state index is 13.5. The third-order valence-corrected chi connectivity index (χ3v) is 4.00. The van der Waals surface area contributed by atoms with E-state index >= 15 is 0 Å². The molecule has 1 saturated heterocycles. The lowest BCUT2D eigenvalue weighted by Gasteiger charge is -2.22. The molecule has 1 amide bonds. The topological polar surface area (TPSA) is 84.3 Å². The molecular formula is C12H14FN3O3S. The van der Waals surface area contributed by atoms with E-state index in [9.17, 15) is 19.3 Å². The zero-order valence-corrected chi connectivity index (χ0v) is 11.4. The molecule has 8 heteroatoms. The maximum absolute atomic E-state index is 13.5. The molecule has 2 rings (SSSR count). The first kappa shape index (κ1) is 14.7. The first-order chi connectivity index (χ1) is 9.56. The van der Waals surface area contributed by atoms with Gasteiger partial charge in [0, 0.05) is 42.6 Å². The number of nitrogens with zero attached hydrogens (tertiary/aromatic N) is 1. The van der Waals surface area contributed by atoms with Crippen LogP contribution in [0.2, 0.25) is 0 Å². The van der Waals surface area contributed by atoms with E-state index in [4.69, 9.17) is 0 Å². The fraction of sp³-hybridized carbons (Fsp3) is 0.417. The third kappa shape index (κ3) is 3.91. The molecule has 20 heavy (non-hydrogen) atoms. The summed E-state index contributed by atoms with van der Waals surface area (Å²) in [6.07, 6.45) is 0.217. The standard InChI is InChI=1S/C12H14FN3O3S/c13-10-2-1-9(16(18)19)6-11(10)15-12(17)5-8-7-20-4-3-14-8/h1-2,6,8,14H,3-5,7H2,(H,15,17). The second kappa shape index (κ2) is 6.67. The molecule has 0 radical (unpaired) electrons. The molecule has 108 valence electrons. The minimum Gasteiger partial charge on any atom is -0.323 e. The van der Waals surface area contributed by atoms with Gasteiger partial charge in [-0.1, -0.05) is 0 Å². The summed E-state index contributed by atoms with van der Waals surface area (Å²) in [6.45, 7) is 0.841. The number of nitro groups is 1. The highest BCUT2D eigenvalue weighted by atomic mass is 32.2. The number of amides is 1. The number of carbonyl (C=O) groups excluding carboxylic acids is 1. The van der Waals surface area contributed by atoms with E-state index < -0.39 is 10.7 Å². The summed E-state index contributed by atoms with van der Waals surface area (Å²) in [4.78, 5) is 21.8. The molecule has 1 aromatic carbocycles. The highest BCUT2D eigenvalue weighted by Crippen LogP contribution is 2.21. The van der Waals surface area contributed by atoms with Crippen LogP contribution in [0.3, 0.4) is 0 Å². The Balaban J connectivity index is 1.99. The SMILES string of the molecule is O=C(CC1CSCCN1)Nc1cc([N+](=O)[O-])ccc1F. The van der Waals surface area contributed by atoms with E-state index in [0.29, 0.717) is 0 Å². The highest BCUT2D eigenvalue weighted by molar-refractivity contribution is 7.99. The van der Waals surface area contributed by atoms with Crippen molar-refractivity contribution in [1.82, 2.24) is 5.32 Å². The van der Waals surface area contributed by atoms with Crippen molar-refractivity contribution in [1.29, 1.82) is 0 Å². The first-order valence-electron chi connectivity index (χ1n) is 6.11. The van der Waals surface area contributed by atoms with Crippen LogP contribution in [-0.2, 0) is 4.79 Å². The van der Waals surface area contributed by atoms with E-state index in [1.165, 1.54) is 0 Å². The maximum Gasteiger partial charge on any atom is 0.271 e. The average Bonchev–Trinajstić information content (AvgIpc) is 2.42. The lowest BCUT2D eigenvalue weighted by molar-refractivity contribution is -0.384. The monoisotopic (exact) mass is 299 g/mol. The number of carbonyl (C=O) groups is 1. The van der Waals surface area contributed by atoms with Gasteiger partial charge >= 0.3 is 0 Å². The Morgan fingerprint density at radius 2 is 2.40 bits per heavy atom. The minimum atomic E-state index is -0.685. The van der Waals surface area contributed by atoms with Crippen LogP contribution in [0.15, 0.2) is 18.2 Å². The molecule has 1 aliphatic rings. The van der Waals surface area contributed by atoms with E-state index in [2.05, 4.69) is 10.6 Å². The number of rotatable bonds is 4. The Kier molecular flexibility index (Phi) is 4.91. The van der Waals surface area contributed by atoms with Crippen molar-refractivity contribution in [3.05, 3.63) is 34.1 Å². The number of non-ortho nitro benzene ring substituents is 1. The van der Waals surface area contributed by atoms with Gasteiger partial charge in [0.1, 0.15) is 5.82 Å². The normalized spacial score (nSPS) is 18.6. The van der Waals surface area contributed by atoms with Crippen molar-refractivity contribution >= 4 is 29.0 Å². The lowest BCUT2D eigenvalue weighted by Crippen LogP contribution is -2.39. The molecule has 0 aromatic heterocycles. The van der Waals surface area contributed by atoms with Crippen LogP contribution in [0.5, 0.6) is 0 Å².